The fourth-order valence-corrected chi connectivity index (χ4v) is 2.19. The Bertz CT molecular complexity index is 418. The lowest BCUT2D eigenvalue weighted by molar-refractivity contribution is 0.0519. The van der Waals surface area contributed by atoms with Crippen LogP contribution < -0.4 is 10.6 Å². The van der Waals surface area contributed by atoms with Crippen LogP contribution in [0.1, 0.15) is 37.2 Å². The highest BCUT2D eigenvalue weighted by atomic mass is 16.5. The molecule has 2 heterocycles. The van der Waals surface area contributed by atoms with Gasteiger partial charge in [-0.25, -0.2) is 4.79 Å². The van der Waals surface area contributed by atoms with E-state index in [0.29, 0.717) is 12.6 Å². The number of ether oxygens (including phenoxy) is 1. The Kier molecular flexibility index (Phi) is 3.86. The Labute approximate surface area is 106 Å². The fourth-order valence-electron chi connectivity index (χ4n) is 2.19. The number of piperidine rings is 1. The predicted molar refractivity (Wildman–Crippen MR) is 66.5 cm³/mol. The van der Waals surface area contributed by atoms with E-state index in [0.717, 1.165) is 19.4 Å². The predicted octanol–water partition coefficient (Wildman–Crippen LogP) is 1.17. The van der Waals surface area contributed by atoms with Crippen molar-refractivity contribution in [3.05, 3.63) is 12.0 Å². The Morgan fingerprint density at radius 1 is 1.72 bits per heavy atom. The first-order valence-electron chi connectivity index (χ1n) is 6.26. The molecule has 2 N–H and O–H groups in total. The third-order valence-electron chi connectivity index (χ3n) is 3.14. The van der Waals surface area contributed by atoms with Crippen molar-refractivity contribution in [2.45, 2.75) is 38.8 Å². The monoisotopic (exact) mass is 253 g/mol. The van der Waals surface area contributed by atoms with E-state index in [4.69, 9.17) is 14.9 Å². The Hall–Kier alpha value is -1.56. The summed E-state index contributed by atoms with van der Waals surface area (Å²) in [7, 11) is 0. The normalized spacial score (nSPS) is 24.1. The molecule has 0 aromatic carbocycles. The van der Waals surface area contributed by atoms with Crippen LogP contribution in [0.5, 0.6) is 0 Å². The highest BCUT2D eigenvalue weighted by Gasteiger charge is 2.27. The molecular formula is C12H19N3O3. The molecule has 100 valence electrons. The molecule has 1 saturated heterocycles. The summed E-state index contributed by atoms with van der Waals surface area (Å²) in [5.74, 6) is -0.450. The van der Waals surface area contributed by atoms with Crippen molar-refractivity contribution in [1.29, 1.82) is 0 Å². The largest absolute Gasteiger partial charge is 0.461 e. The fraction of sp³-hybridized carbons (Fsp3) is 0.667. The van der Waals surface area contributed by atoms with Crippen molar-refractivity contribution >= 4 is 12.0 Å². The number of carbonyl (C=O) groups is 1. The second-order valence-corrected chi connectivity index (χ2v) is 4.56. The summed E-state index contributed by atoms with van der Waals surface area (Å²) in [5.41, 5.74) is 6.12. The molecule has 1 aromatic heterocycles. The van der Waals surface area contributed by atoms with Crippen LogP contribution in [0.2, 0.25) is 0 Å². The van der Waals surface area contributed by atoms with E-state index in [1.54, 1.807) is 6.92 Å². The third-order valence-corrected chi connectivity index (χ3v) is 3.14. The zero-order chi connectivity index (χ0) is 13.1. The number of esters is 1. The number of nitrogens with zero attached hydrogens (tertiary/aromatic N) is 2. The Morgan fingerprint density at radius 3 is 3.17 bits per heavy atom. The van der Waals surface area contributed by atoms with Gasteiger partial charge in [0, 0.05) is 18.6 Å². The molecule has 1 aliphatic heterocycles. The zero-order valence-corrected chi connectivity index (χ0v) is 10.8. The minimum absolute atomic E-state index is 0.217. The summed E-state index contributed by atoms with van der Waals surface area (Å²) in [4.78, 5) is 17.7. The highest BCUT2D eigenvalue weighted by Crippen LogP contribution is 2.23. The molecule has 6 heteroatoms. The van der Waals surface area contributed by atoms with Crippen molar-refractivity contribution in [2.75, 3.05) is 18.1 Å². The minimum Gasteiger partial charge on any atom is -0.461 e. The van der Waals surface area contributed by atoms with Gasteiger partial charge in [-0.1, -0.05) is 0 Å². The molecule has 6 nitrogen and oxygen atoms in total. The second-order valence-electron chi connectivity index (χ2n) is 4.56. The molecule has 18 heavy (non-hydrogen) atoms. The number of rotatable bonds is 3. The minimum atomic E-state index is -0.450. The van der Waals surface area contributed by atoms with Crippen molar-refractivity contribution in [2.24, 2.45) is 5.73 Å². The van der Waals surface area contributed by atoms with Crippen LogP contribution in [0.3, 0.4) is 0 Å². The van der Waals surface area contributed by atoms with E-state index in [2.05, 4.69) is 11.9 Å². The number of carbonyl (C=O) groups excluding carboxylic acids is 1. The maximum Gasteiger partial charge on any atom is 0.360 e. The van der Waals surface area contributed by atoms with E-state index in [1.807, 2.05) is 4.90 Å². The van der Waals surface area contributed by atoms with Gasteiger partial charge in [-0.15, -0.1) is 0 Å². The number of oxazole rings is 1. The zero-order valence-electron chi connectivity index (χ0n) is 10.8. The van der Waals surface area contributed by atoms with E-state index < -0.39 is 5.97 Å². The summed E-state index contributed by atoms with van der Waals surface area (Å²) in [6, 6.07) is 0.968. The van der Waals surface area contributed by atoms with Crippen LogP contribution in [-0.2, 0) is 4.74 Å². The summed E-state index contributed by atoms with van der Waals surface area (Å²) >= 11 is 0. The molecule has 0 saturated carbocycles. The van der Waals surface area contributed by atoms with E-state index in [9.17, 15) is 4.79 Å². The maximum absolute atomic E-state index is 11.5. The number of hydrogen-bond donors (Lipinski definition) is 1. The standard InChI is InChI=1S/C12H19N3O3/c1-3-17-11(16)10-7-18-12(14-10)15-5-4-9(13)6-8(15)2/h7-9H,3-6,13H2,1-2H3. The summed E-state index contributed by atoms with van der Waals surface area (Å²) < 4.78 is 10.2. The van der Waals surface area contributed by atoms with Crippen LogP contribution >= 0.6 is 0 Å². The molecule has 0 spiro atoms. The molecule has 2 atom stereocenters. The first kappa shape index (κ1) is 12.9. The van der Waals surface area contributed by atoms with Crippen molar-refractivity contribution < 1.29 is 13.9 Å². The second kappa shape index (κ2) is 5.39. The summed E-state index contributed by atoms with van der Waals surface area (Å²) in [5, 5.41) is 0. The lowest BCUT2D eigenvalue weighted by atomic mass is 10.00. The van der Waals surface area contributed by atoms with Gasteiger partial charge in [0.05, 0.1) is 6.61 Å². The average molecular weight is 253 g/mol. The van der Waals surface area contributed by atoms with Gasteiger partial charge in [0.2, 0.25) is 0 Å². The summed E-state index contributed by atoms with van der Waals surface area (Å²) in [6.45, 7) is 4.96. The SMILES string of the molecule is CCOC(=O)c1coc(N2CCC(N)CC2C)n1. The molecular weight excluding hydrogens is 234 g/mol. The Morgan fingerprint density at radius 2 is 2.50 bits per heavy atom. The van der Waals surface area contributed by atoms with Gasteiger partial charge in [0.1, 0.15) is 6.26 Å². The van der Waals surface area contributed by atoms with Crippen LogP contribution in [0, 0.1) is 0 Å². The molecule has 0 bridgehead atoms. The van der Waals surface area contributed by atoms with E-state index in [-0.39, 0.29) is 17.8 Å². The molecule has 1 fully saturated rings. The van der Waals surface area contributed by atoms with Gasteiger partial charge in [-0.05, 0) is 26.7 Å². The van der Waals surface area contributed by atoms with Gasteiger partial charge >= 0.3 is 5.97 Å². The topological polar surface area (TPSA) is 81.6 Å². The maximum atomic E-state index is 11.5. The quantitative estimate of drug-likeness (QED) is 0.814. The van der Waals surface area contributed by atoms with Gasteiger partial charge in [0.25, 0.3) is 6.01 Å². The number of nitrogens with two attached hydrogens (primary N) is 1. The first-order chi connectivity index (χ1) is 8.61. The molecule has 2 unspecified atom stereocenters. The third kappa shape index (κ3) is 2.64. The molecule has 1 aromatic rings. The van der Waals surface area contributed by atoms with Crippen LogP contribution in [0.4, 0.5) is 6.01 Å². The lowest BCUT2D eigenvalue weighted by Gasteiger charge is -2.35. The molecule has 0 radical (unpaired) electrons. The van der Waals surface area contributed by atoms with Gasteiger partial charge in [-0.3, -0.25) is 0 Å². The van der Waals surface area contributed by atoms with E-state index in [1.165, 1.54) is 6.26 Å². The van der Waals surface area contributed by atoms with Gasteiger partial charge in [0.15, 0.2) is 5.69 Å². The summed E-state index contributed by atoms with van der Waals surface area (Å²) in [6.07, 6.45) is 3.15. The number of aromatic nitrogens is 1. The van der Waals surface area contributed by atoms with Crippen LogP contribution in [-0.4, -0.2) is 36.2 Å². The smallest absolute Gasteiger partial charge is 0.360 e. The molecule has 2 rings (SSSR count). The van der Waals surface area contributed by atoms with Gasteiger partial charge < -0.3 is 19.8 Å². The van der Waals surface area contributed by atoms with Crippen molar-refractivity contribution in [1.82, 2.24) is 4.98 Å². The van der Waals surface area contributed by atoms with Crippen LogP contribution in [0.25, 0.3) is 0 Å². The number of anilines is 1. The molecule has 1 aliphatic rings. The Balaban J connectivity index is 2.07. The van der Waals surface area contributed by atoms with Gasteiger partial charge in [-0.2, -0.15) is 4.98 Å². The highest BCUT2D eigenvalue weighted by molar-refractivity contribution is 5.87. The number of hydrogen-bond acceptors (Lipinski definition) is 6. The van der Waals surface area contributed by atoms with E-state index >= 15 is 0 Å². The van der Waals surface area contributed by atoms with Crippen molar-refractivity contribution in [3.63, 3.8) is 0 Å². The first-order valence-corrected chi connectivity index (χ1v) is 6.26. The van der Waals surface area contributed by atoms with Crippen molar-refractivity contribution in [3.8, 4) is 0 Å². The molecule has 0 amide bonds. The van der Waals surface area contributed by atoms with Crippen LogP contribution in [0.15, 0.2) is 10.7 Å². The lowest BCUT2D eigenvalue weighted by Crippen LogP contribution is -2.45. The average Bonchev–Trinajstić information content (AvgIpc) is 2.78. The molecule has 0 aliphatic carbocycles.